The molecule has 1 heterocycles. The first-order valence-electron chi connectivity index (χ1n) is 5.82. The number of thiophene rings is 1. The van der Waals surface area contributed by atoms with Gasteiger partial charge in [-0.3, -0.25) is 0 Å². The minimum Gasteiger partial charge on any atom is -0.380 e. The Balaban J connectivity index is 2.05. The summed E-state index contributed by atoms with van der Waals surface area (Å²) in [7, 11) is 4.10. The number of hydrogen-bond acceptors (Lipinski definition) is 3. The van der Waals surface area contributed by atoms with Crippen LogP contribution in [0.3, 0.4) is 0 Å². The second-order valence-electron chi connectivity index (χ2n) is 4.45. The molecule has 0 aliphatic heterocycles. The van der Waals surface area contributed by atoms with Crippen LogP contribution in [0.1, 0.15) is 10.4 Å². The zero-order valence-corrected chi connectivity index (χ0v) is 12.4. The van der Waals surface area contributed by atoms with E-state index in [4.69, 9.17) is 11.6 Å². The highest BCUT2D eigenvalue weighted by Gasteiger charge is 2.02. The zero-order chi connectivity index (χ0) is 13.1. The molecule has 0 spiro atoms. The lowest BCUT2D eigenvalue weighted by atomic mass is 10.1. The van der Waals surface area contributed by atoms with E-state index in [1.165, 1.54) is 21.8 Å². The van der Waals surface area contributed by atoms with E-state index in [0.29, 0.717) is 0 Å². The number of rotatable bonds is 4. The monoisotopic (exact) mass is 280 g/mol. The average Bonchev–Trinajstić information content (AvgIpc) is 2.73. The summed E-state index contributed by atoms with van der Waals surface area (Å²) in [5.41, 5.74) is 3.64. The molecule has 1 aromatic heterocycles. The average molecular weight is 281 g/mol. The molecule has 0 unspecified atom stereocenters. The number of halogens is 1. The van der Waals surface area contributed by atoms with Gasteiger partial charge in [-0.05, 0) is 42.8 Å². The summed E-state index contributed by atoms with van der Waals surface area (Å²) in [6, 6.07) is 10.4. The van der Waals surface area contributed by atoms with Crippen LogP contribution in [0.4, 0.5) is 11.4 Å². The van der Waals surface area contributed by atoms with Crippen molar-refractivity contribution in [3.63, 3.8) is 0 Å². The van der Waals surface area contributed by atoms with Gasteiger partial charge in [0, 0.05) is 36.9 Å². The summed E-state index contributed by atoms with van der Waals surface area (Å²) in [4.78, 5) is 3.35. The normalized spacial score (nSPS) is 10.4. The van der Waals surface area contributed by atoms with E-state index in [1.807, 2.05) is 6.07 Å². The van der Waals surface area contributed by atoms with Crippen LogP contribution in [0.15, 0.2) is 30.3 Å². The summed E-state index contributed by atoms with van der Waals surface area (Å²) in [6.45, 7) is 2.94. The van der Waals surface area contributed by atoms with Gasteiger partial charge in [-0.25, -0.2) is 0 Å². The molecule has 0 fully saturated rings. The second kappa shape index (κ2) is 5.63. The molecule has 18 heavy (non-hydrogen) atoms. The van der Waals surface area contributed by atoms with Crippen molar-refractivity contribution < 1.29 is 0 Å². The molecule has 1 N–H and O–H groups in total. The molecule has 0 saturated carbocycles. The van der Waals surface area contributed by atoms with Crippen molar-refractivity contribution >= 4 is 34.3 Å². The summed E-state index contributed by atoms with van der Waals surface area (Å²) >= 11 is 7.53. The van der Waals surface area contributed by atoms with E-state index in [2.05, 4.69) is 55.5 Å². The highest BCUT2D eigenvalue weighted by atomic mass is 35.5. The van der Waals surface area contributed by atoms with E-state index in [1.54, 1.807) is 11.3 Å². The lowest BCUT2D eigenvalue weighted by Gasteiger charge is -2.15. The third-order valence-electron chi connectivity index (χ3n) is 2.81. The summed E-state index contributed by atoms with van der Waals surface area (Å²) in [5, 5.41) is 3.44. The van der Waals surface area contributed by atoms with Crippen molar-refractivity contribution in [2.24, 2.45) is 0 Å². The Kier molecular flexibility index (Phi) is 4.15. The van der Waals surface area contributed by atoms with Gasteiger partial charge in [0.05, 0.1) is 4.34 Å². The topological polar surface area (TPSA) is 15.3 Å². The Hall–Kier alpha value is -1.19. The fourth-order valence-electron chi connectivity index (χ4n) is 1.75. The second-order valence-corrected chi connectivity index (χ2v) is 6.25. The number of anilines is 2. The molecule has 0 aliphatic carbocycles. The highest BCUT2D eigenvalue weighted by molar-refractivity contribution is 7.16. The standard InChI is InChI=1S/C14H17ClN2S/c1-10-8-11(17(2)3)4-6-13(10)16-9-12-5-7-14(15)18-12/h4-8,16H,9H2,1-3H3. The van der Waals surface area contributed by atoms with E-state index in [9.17, 15) is 0 Å². The van der Waals surface area contributed by atoms with E-state index in [-0.39, 0.29) is 0 Å². The molecule has 2 rings (SSSR count). The van der Waals surface area contributed by atoms with Crippen molar-refractivity contribution in [1.29, 1.82) is 0 Å². The Labute approximate surface area is 117 Å². The quantitative estimate of drug-likeness (QED) is 0.894. The number of hydrogen-bond donors (Lipinski definition) is 1. The number of aryl methyl sites for hydroxylation is 1. The predicted molar refractivity (Wildman–Crippen MR) is 82.2 cm³/mol. The molecule has 1 aromatic carbocycles. The largest absolute Gasteiger partial charge is 0.380 e. The van der Waals surface area contributed by atoms with Crippen LogP contribution in [-0.4, -0.2) is 14.1 Å². The van der Waals surface area contributed by atoms with Gasteiger partial charge in [0.2, 0.25) is 0 Å². The Morgan fingerprint density at radius 2 is 2.00 bits per heavy atom. The van der Waals surface area contributed by atoms with Crippen molar-refractivity contribution in [2.45, 2.75) is 13.5 Å². The van der Waals surface area contributed by atoms with Crippen LogP contribution in [0, 0.1) is 6.92 Å². The molecule has 0 saturated heterocycles. The highest BCUT2D eigenvalue weighted by Crippen LogP contribution is 2.25. The minimum atomic E-state index is 0.819. The maximum atomic E-state index is 5.91. The predicted octanol–water partition coefficient (Wildman–Crippen LogP) is 4.39. The number of nitrogens with one attached hydrogen (secondary N) is 1. The fourth-order valence-corrected chi connectivity index (χ4v) is 2.78. The Morgan fingerprint density at radius 1 is 1.22 bits per heavy atom. The maximum Gasteiger partial charge on any atom is 0.0931 e. The Morgan fingerprint density at radius 3 is 2.56 bits per heavy atom. The van der Waals surface area contributed by atoms with Crippen LogP contribution in [0.2, 0.25) is 4.34 Å². The summed E-state index contributed by atoms with van der Waals surface area (Å²) in [6.07, 6.45) is 0. The van der Waals surface area contributed by atoms with Crippen LogP contribution in [0.5, 0.6) is 0 Å². The van der Waals surface area contributed by atoms with Crippen LogP contribution in [-0.2, 0) is 6.54 Å². The maximum absolute atomic E-state index is 5.91. The van der Waals surface area contributed by atoms with Crippen molar-refractivity contribution in [2.75, 3.05) is 24.3 Å². The van der Waals surface area contributed by atoms with Gasteiger partial charge in [-0.2, -0.15) is 0 Å². The lowest BCUT2D eigenvalue weighted by molar-refractivity contribution is 1.12. The zero-order valence-electron chi connectivity index (χ0n) is 10.8. The molecule has 0 bridgehead atoms. The molecule has 0 atom stereocenters. The van der Waals surface area contributed by atoms with Crippen LogP contribution < -0.4 is 10.2 Å². The molecule has 96 valence electrons. The van der Waals surface area contributed by atoms with Gasteiger partial charge in [0.15, 0.2) is 0 Å². The molecule has 2 aromatic rings. The number of nitrogens with zero attached hydrogens (tertiary/aromatic N) is 1. The smallest absolute Gasteiger partial charge is 0.0931 e. The molecule has 4 heteroatoms. The van der Waals surface area contributed by atoms with Gasteiger partial charge < -0.3 is 10.2 Å². The third kappa shape index (κ3) is 3.18. The van der Waals surface area contributed by atoms with Crippen molar-refractivity contribution in [3.8, 4) is 0 Å². The number of benzene rings is 1. The summed E-state index contributed by atoms with van der Waals surface area (Å²) < 4.78 is 0.839. The Bertz CT molecular complexity index is 534. The van der Waals surface area contributed by atoms with Gasteiger partial charge >= 0.3 is 0 Å². The first-order chi connectivity index (χ1) is 8.56. The van der Waals surface area contributed by atoms with Gasteiger partial charge in [-0.1, -0.05) is 11.6 Å². The molecule has 0 aliphatic rings. The fraction of sp³-hybridized carbons (Fsp3) is 0.286. The van der Waals surface area contributed by atoms with Crippen molar-refractivity contribution in [3.05, 3.63) is 45.1 Å². The third-order valence-corrected chi connectivity index (χ3v) is 4.04. The molecule has 0 radical (unpaired) electrons. The van der Waals surface area contributed by atoms with Gasteiger partial charge in [-0.15, -0.1) is 11.3 Å². The van der Waals surface area contributed by atoms with E-state index in [0.717, 1.165) is 10.9 Å². The lowest BCUT2D eigenvalue weighted by Crippen LogP contribution is -2.09. The first kappa shape index (κ1) is 13.2. The van der Waals surface area contributed by atoms with E-state index < -0.39 is 0 Å². The van der Waals surface area contributed by atoms with Crippen LogP contribution in [0.25, 0.3) is 0 Å². The van der Waals surface area contributed by atoms with Gasteiger partial charge in [0.25, 0.3) is 0 Å². The first-order valence-corrected chi connectivity index (χ1v) is 7.02. The summed E-state index contributed by atoms with van der Waals surface area (Å²) in [5.74, 6) is 0. The molecule has 0 amide bonds. The van der Waals surface area contributed by atoms with Crippen LogP contribution >= 0.6 is 22.9 Å². The van der Waals surface area contributed by atoms with Crippen molar-refractivity contribution in [1.82, 2.24) is 0 Å². The SMILES string of the molecule is Cc1cc(N(C)C)ccc1NCc1ccc(Cl)s1. The molecule has 2 nitrogen and oxygen atoms in total. The van der Waals surface area contributed by atoms with Gasteiger partial charge in [0.1, 0.15) is 0 Å². The molecular formula is C14H17ClN2S. The molecular weight excluding hydrogens is 264 g/mol. The van der Waals surface area contributed by atoms with E-state index >= 15 is 0 Å². The minimum absolute atomic E-state index is 0.819.